The molecule has 0 aliphatic rings. The first-order chi connectivity index (χ1) is 9.99. The molecule has 1 unspecified atom stereocenters. The van der Waals surface area contributed by atoms with Crippen molar-refractivity contribution in [3.05, 3.63) is 64.0 Å². The Morgan fingerprint density at radius 3 is 2.48 bits per heavy atom. The van der Waals surface area contributed by atoms with Gasteiger partial charge in [-0.05, 0) is 30.7 Å². The molecule has 0 radical (unpaired) electrons. The largest absolute Gasteiger partial charge is 0.497 e. The number of methoxy groups -OCH3 is 1. The molecule has 2 aromatic rings. The molecule has 21 heavy (non-hydrogen) atoms. The van der Waals surface area contributed by atoms with Gasteiger partial charge in [0.05, 0.1) is 18.1 Å². The van der Waals surface area contributed by atoms with E-state index in [1.165, 1.54) is 12.1 Å². The van der Waals surface area contributed by atoms with Crippen molar-refractivity contribution >= 4 is 11.4 Å². The monoisotopic (exact) mass is 290 g/mol. The van der Waals surface area contributed by atoms with E-state index in [-0.39, 0.29) is 11.7 Å². The van der Waals surface area contributed by atoms with Crippen LogP contribution in [0.15, 0.2) is 42.5 Å². The van der Waals surface area contributed by atoms with E-state index in [0.717, 1.165) is 17.4 Å². The zero-order valence-corrected chi connectivity index (χ0v) is 11.7. The van der Waals surface area contributed by atoms with Crippen LogP contribution in [0.25, 0.3) is 0 Å². The number of nitrogens with zero attached hydrogens (tertiary/aromatic N) is 1. The van der Waals surface area contributed by atoms with Crippen LogP contribution in [0.3, 0.4) is 0 Å². The summed E-state index contributed by atoms with van der Waals surface area (Å²) in [7, 11) is 1.59. The smallest absolute Gasteiger partial charge is 0.274 e. The van der Waals surface area contributed by atoms with Gasteiger partial charge in [-0.15, -0.1) is 0 Å². The van der Waals surface area contributed by atoms with Gasteiger partial charge in [-0.25, -0.2) is 4.39 Å². The Balaban J connectivity index is 2.18. The third kappa shape index (κ3) is 3.68. The van der Waals surface area contributed by atoms with Crippen molar-refractivity contribution in [3.63, 3.8) is 0 Å². The number of ether oxygens (including phenoxy) is 1. The predicted octanol–water partition coefficient (Wildman–Crippen LogP) is 3.92. The van der Waals surface area contributed by atoms with Crippen LogP contribution >= 0.6 is 0 Å². The fourth-order valence-electron chi connectivity index (χ4n) is 1.99. The van der Waals surface area contributed by atoms with Gasteiger partial charge in [0.15, 0.2) is 0 Å². The highest BCUT2D eigenvalue weighted by molar-refractivity contribution is 5.53. The van der Waals surface area contributed by atoms with E-state index in [0.29, 0.717) is 5.69 Å². The van der Waals surface area contributed by atoms with Crippen LogP contribution in [0.4, 0.5) is 15.8 Å². The van der Waals surface area contributed by atoms with Crippen LogP contribution in [-0.2, 0) is 0 Å². The fourth-order valence-corrected chi connectivity index (χ4v) is 1.99. The predicted molar refractivity (Wildman–Crippen MR) is 78.1 cm³/mol. The summed E-state index contributed by atoms with van der Waals surface area (Å²) < 4.78 is 18.5. The Bertz CT molecular complexity index is 644. The molecule has 0 fully saturated rings. The van der Waals surface area contributed by atoms with Crippen molar-refractivity contribution in [2.75, 3.05) is 12.4 Å². The lowest BCUT2D eigenvalue weighted by molar-refractivity contribution is -0.385. The molecule has 2 rings (SSSR count). The van der Waals surface area contributed by atoms with Crippen LogP contribution in [0.2, 0.25) is 0 Å². The summed E-state index contributed by atoms with van der Waals surface area (Å²) in [6.07, 6.45) is 0. The second kappa shape index (κ2) is 6.21. The van der Waals surface area contributed by atoms with Gasteiger partial charge < -0.3 is 10.1 Å². The molecular formula is C15H15FN2O3. The molecular weight excluding hydrogens is 275 g/mol. The van der Waals surface area contributed by atoms with Gasteiger partial charge in [-0.1, -0.05) is 12.1 Å². The number of hydrogen-bond donors (Lipinski definition) is 1. The van der Waals surface area contributed by atoms with Crippen molar-refractivity contribution < 1.29 is 14.1 Å². The fraction of sp³-hybridized carbons (Fsp3) is 0.200. The Labute approximate surface area is 121 Å². The molecule has 5 nitrogen and oxygen atoms in total. The number of benzene rings is 2. The lowest BCUT2D eigenvalue weighted by Crippen LogP contribution is -2.07. The first-order valence-corrected chi connectivity index (χ1v) is 6.35. The maximum Gasteiger partial charge on any atom is 0.274 e. The van der Waals surface area contributed by atoms with Crippen LogP contribution in [0, 0.1) is 15.9 Å². The second-order valence-electron chi connectivity index (χ2n) is 4.59. The molecule has 0 heterocycles. The molecule has 0 bridgehead atoms. The average Bonchev–Trinajstić information content (AvgIpc) is 2.46. The van der Waals surface area contributed by atoms with Crippen molar-refractivity contribution in [1.82, 2.24) is 0 Å². The molecule has 110 valence electrons. The van der Waals surface area contributed by atoms with Gasteiger partial charge in [0.1, 0.15) is 11.6 Å². The lowest BCUT2D eigenvalue weighted by Gasteiger charge is -2.16. The summed E-state index contributed by atoms with van der Waals surface area (Å²) in [4.78, 5) is 10.1. The summed E-state index contributed by atoms with van der Waals surface area (Å²) >= 11 is 0. The molecule has 0 saturated heterocycles. The maximum absolute atomic E-state index is 13.4. The Hall–Kier alpha value is -2.63. The molecule has 2 aromatic carbocycles. The molecule has 1 atom stereocenters. The quantitative estimate of drug-likeness (QED) is 0.669. The van der Waals surface area contributed by atoms with E-state index in [4.69, 9.17) is 4.74 Å². The Morgan fingerprint density at radius 1 is 1.24 bits per heavy atom. The van der Waals surface area contributed by atoms with Gasteiger partial charge >= 0.3 is 0 Å². The Kier molecular flexibility index (Phi) is 4.37. The molecule has 1 N–H and O–H groups in total. The van der Waals surface area contributed by atoms with E-state index in [1.54, 1.807) is 7.11 Å². The summed E-state index contributed by atoms with van der Waals surface area (Å²) in [5, 5.41) is 13.8. The number of rotatable bonds is 5. The van der Waals surface area contributed by atoms with Gasteiger partial charge in [0.25, 0.3) is 5.69 Å². The molecule has 0 spiro atoms. The summed E-state index contributed by atoms with van der Waals surface area (Å²) in [5.41, 5.74) is 1.05. The Morgan fingerprint density at radius 2 is 1.90 bits per heavy atom. The number of halogens is 1. The molecule has 0 amide bonds. The first-order valence-electron chi connectivity index (χ1n) is 6.35. The summed E-state index contributed by atoms with van der Waals surface area (Å²) in [5.74, 6) is 0.0981. The van der Waals surface area contributed by atoms with E-state index < -0.39 is 10.7 Å². The van der Waals surface area contributed by atoms with E-state index in [1.807, 2.05) is 31.2 Å². The number of hydrogen-bond acceptors (Lipinski definition) is 4. The van der Waals surface area contributed by atoms with E-state index in [2.05, 4.69) is 5.32 Å². The van der Waals surface area contributed by atoms with Crippen LogP contribution in [0.5, 0.6) is 5.75 Å². The van der Waals surface area contributed by atoms with E-state index in [9.17, 15) is 14.5 Å². The SMILES string of the molecule is COc1ccc(C(C)Nc2cc(F)cc([N+](=O)[O-])c2)cc1. The number of nitro benzene ring substituents is 1. The normalized spacial score (nSPS) is 11.8. The molecule has 0 aliphatic carbocycles. The highest BCUT2D eigenvalue weighted by Gasteiger charge is 2.12. The number of nitro groups is 1. The van der Waals surface area contributed by atoms with Gasteiger partial charge in [0, 0.05) is 17.8 Å². The van der Waals surface area contributed by atoms with Crippen molar-refractivity contribution in [3.8, 4) is 5.75 Å². The number of anilines is 1. The van der Waals surface area contributed by atoms with Gasteiger partial charge in [-0.2, -0.15) is 0 Å². The minimum atomic E-state index is -0.645. The highest BCUT2D eigenvalue weighted by atomic mass is 19.1. The lowest BCUT2D eigenvalue weighted by atomic mass is 10.1. The van der Waals surface area contributed by atoms with Crippen molar-refractivity contribution in [2.24, 2.45) is 0 Å². The zero-order chi connectivity index (χ0) is 15.4. The number of non-ortho nitro benzene ring substituents is 1. The topological polar surface area (TPSA) is 64.4 Å². The third-order valence-electron chi connectivity index (χ3n) is 3.09. The standard InChI is InChI=1S/C15H15FN2O3/c1-10(11-3-5-15(21-2)6-4-11)17-13-7-12(16)8-14(9-13)18(19)20/h3-10,17H,1-2H3. The third-order valence-corrected chi connectivity index (χ3v) is 3.09. The minimum absolute atomic E-state index is 0.127. The number of nitrogens with one attached hydrogen (secondary N) is 1. The van der Waals surface area contributed by atoms with Crippen LogP contribution in [-0.4, -0.2) is 12.0 Å². The maximum atomic E-state index is 13.4. The van der Waals surface area contributed by atoms with Crippen LogP contribution in [0.1, 0.15) is 18.5 Å². The highest BCUT2D eigenvalue weighted by Crippen LogP contribution is 2.25. The minimum Gasteiger partial charge on any atom is -0.497 e. The first kappa shape index (κ1) is 14.8. The van der Waals surface area contributed by atoms with Gasteiger partial charge in [0.2, 0.25) is 0 Å². The van der Waals surface area contributed by atoms with E-state index >= 15 is 0 Å². The molecule has 0 aliphatic heterocycles. The zero-order valence-electron chi connectivity index (χ0n) is 11.7. The average molecular weight is 290 g/mol. The summed E-state index contributed by atoms with van der Waals surface area (Å²) in [6, 6.07) is 10.7. The molecule has 0 saturated carbocycles. The second-order valence-corrected chi connectivity index (χ2v) is 4.59. The summed E-state index contributed by atoms with van der Waals surface area (Å²) in [6.45, 7) is 1.89. The van der Waals surface area contributed by atoms with Crippen molar-refractivity contribution in [2.45, 2.75) is 13.0 Å². The molecule has 0 aromatic heterocycles. The van der Waals surface area contributed by atoms with Crippen molar-refractivity contribution in [1.29, 1.82) is 0 Å². The molecule has 6 heteroatoms. The van der Waals surface area contributed by atoms with Gasteiger partial charge in [-0.3, -0.25) is 10.1 Å². The van der Waals surface area contributed by atoms with Crippen LogP contribution < -0.4 is 10.1 Å².